The molecule has 0 unspecified atom stereocenters. The van der Waals surface area contributed by atoms with E-state index >= 15 is 0 Å². The van der Waals surface area contributed by atoms with Gasteiger partial charge in [-0.05, 0) is 40.8 Å². The van der Waals surface area contributed by atoms with Gasteiger partial charge in [0, 0.05) is 30.0 Å². The Balaban J connectivity index is 1.27. The summed E-state index contributed by atoms with van der Waals surface area (Å²) in [6.07, 6.45) is 0. The molecule has 0 spiro atoms. The molecule has 0 aliphatic heterocycles. The lowest BCUT2D eigenvalue weighted by Gasteiger charge is -2.13. The van der Waals surface area contributed by atoms with Crippen LogP contribution in [-0.2, 0) is 13.2 Å². The maximum absolute atomic E-state index is 13.2. The number of tetrazole rings is 1. The second-order valence-corrected chi connectivity index (χ2v) is 8.34. The predicted molar refractivity (Wildman–Crippen MR) is 124 cm³/mol. The van der Waals surface area contributed by atoms with Crippen molar-refractivity contribution in [1.82, 2.24) is 25.5 Å². The molecule has 0 bridgehead atoms. The lowest BCUT2D eigenvalue weighted by Crippen LogP contribution is -2.17. The fourth-order valence-electron chi connectivity index (χ4n) is 3.02. The van der Waals surface area contributed by atoms with Gasteiger partial charge in [0.15, 0.2) is 0 Å². The van der Waals surface area contributed by atoms with E-state index in [1.807, 2.05) is 54.6 Å². The number of hydrogen-bond donors (Lipinski definition) is 1. The number of rotatable bonds is 10. The molecule has 3 aromatic carbocycles. The smallest absolute Gasteiger partial charge is 0.214 e. The molecule has 1 heterocycles. The zero-order valence-electron chi connectivity index (χ0n) is 17.1. The molecular weight excluding hydrogens is 449 g/mol. The minimum atomic E-state index is -0.362. The molecule has 0 saturated heterocycles. The van der Waals surface area contributed by atoms with Gasteiger partial charge in [-0.25, -0.2) is 4.39 Å². The van der Waals surface area contributed by atoms with Crippen LogP contribution in [0.25, 0.3) is 5.69 Å². The highest BCUT2D eigenvalue weighted by Crippen LogP contribution is 2.23. The van der Waals surface area contributed by atoms with Gasteiger partial charge in [-0.3, -0.25) is 0 Å². The summed E-state index contributed by atoms with van der Waals surface area (Å²) in [5.74, 6) is 1.21. The van der Waals surface area contributed by atoms with Crippen molar-refractivity contribution in [1.29, 1.82) is 0 Å². The van der Waals surface area contributed by atoms with Crippen LogP contribution in [0.4, 0.5) is 4.39 Å². The first-order valence-corrected chi connectivity index (χ1v) is 11.4. The van der Waals surface area contributed by atoms with Gasteiger partial charge in [-0.1, -0.05) is 65.8 Å². The van der Waals surface area contributed by atoms with E-state index in [4.69, 9.17) is 16.3 Å². The van der Waals surface area contributed by atoms with Crippen molar-refractivity contribution in [2.75, 3.05) is 12.3 Å². The lowest BCUT2D eigenvalue weighted by molar-refractivity contribution is 0.302. The Bertz CT molecular complexity index is 1160. The maximum Gasteiger partial charge on any atom is 0.214 e. The largest absolute Gasteiger partial charge is 0.489 e. The van der Waals surface area contributed by atoms with Gasteiger partial charge in [0.2, 0.25) is 5.16 Å². The SMILES string of the molecule is Fc1ccc(COc2ccccc2CNCCSc2nnnn2-c2ccccc2)c(Cl)c1. The molecule has 1 aromatic heterocycles. The molecule has 0 saturated carbocycles. The molecule has 0 fully saturated rings. The highest BCUT2D eigenvalue weighted by molar-refractivity contribution is 7.99. The third-order valence-corrected chi connectivity index (χ3v) is 5.91. The van der Waals surface area contributed by atoms with Crippen LogP contribution in [0.2, 0.25) is 5.02 Å². The van der Waals surface area contributed by atoms with E-state index < -0.39 is 0 Å². The summed E-state index contributed by atoms with van der Waals surface area (Å²) in [5, 5.41) is 16.5. The standard InChI is InChI=1S/C23H21ClFN5OS/c24-21-14-19(25)11-10-18(21)16-31-22-9-5-4-6-17(22)15-26-12-13-32-23-27-28-29-30(23)20-7-2-1-3-8-20/h1-11,14,26H,12-13,15-16H2. The van der Waals surface area contributed by atoms with E-state index in [1.165, 1.54) is 12.1 Å². The number of ether oxygens (including phenoxy) is 1. The van der Waals surface area contributed by atoms with E-state index in [9.17, 15) is 4.39 Å². The maximum atomic E-state index is 13.2. The average molecular weight is 470 g/mol. The predicted octanol–water partition coefficient (Wildman–Crippen LogP) is 4.92. The van der Waals surface area contributed by atoms with Gasteiger partial charge in [0.05, 0.1) is 10.7 Å². The topological polar surface area (TPSA) is 64.9 Å². The Hall–Kier alpha value is -2.94. The summed E-state index contributed by atoms with van der Waals surface area (Å²) in [6.45, 7) is 1.69. The minimum Gasteiger partial charge on any atom is -0.489 e. The van der Waals surface area contributed by atoms with Crippen molar-refractivity contribution in [3.63, 3.8) is 0 Å². The van der Waals surface area contributed by atoms with Gasteiger partial charge >= 0.3 is 0 Å². The van der Waals surface area contributed by atoms with Crippen molar-refractivity contribution in [3.05, 3.63) is 94.8 Å². The van der Waals surface area contributed by atoms with Gasteiger partial charge in [0.1, 0.15) is 18.2 Å². The van der Waals surface area contributed by atoms with Crippen molar-refractivity contribution in [3.8, 4) is 11.4 Å². The van der Waals surface area contributed by atoms with Crippen molar-refractivity contribution in [2.24, 2.45) is 0 Å². The minimum absolute atomic E-state index is 0.272. The van der Waals surface area contributed by atoms with Crippen molar-refractivity contribution in [2.45, 2.75) is 18.3 Å². The molecular formula is C23H21ClFN5OS. The summed E-state index contributed by atoms with van der Waals surface area (Å²) in [6, 6.07) is 21.9. The number of halogens is 2. The molecule has 0 radical (unpaired) electrons. The van der Waals surface area contributed by atoms with E-state index in [-0.39, 0.29) is 12.4 Å². The van der Waals surface area contributed by atoms with Crippen molar-refractivity contribution >= 4 is 23.4 Å². The fraction of sp³-hybridized carbons (Fsp3) is 0.174. The molecule has 0 aliphatic rings. The summed E-state index contributed by atoms with van der Waals surface area (Å²) in [4.78, 5) is 0. The van der Waals surface area contributed by atoms with Crippen LogP contribution in [0.5, 0.6) is 5.75 Å². The molecule has 4 aromatic rings. The Morgan fingerprint density at radius 1 is 1.00 bits per heavy atom. The fourth-order valence-corrected chi connectivity index (χ4v) is 4.03. The third-order valence-electron chi connectivity index (χ3n) is 4.64. The Labute approximate surface area is 194 Å². The van der Waals surface area contributed by atoms with Crippen LogP contribution in [0.3, 0.4) is 0 Å². The quantitative estimate of drug-likeness (QED) is 0.263. The second kappa shape index (κ2) is 11.1. The Kier molecular flexibility index (Phi) is 7.71. The zero-order valence-corrected chi connectivity index (χ0v) is 18.7. The Morgan fingerprint density at radius 3 is 2.66 bits per heavy atom. The molecule has 0 atom stereocenters. The summed E-state index contributed by atoms with van der Waals surface area (Å²) in [5.41, 5.74) is 2.70. The number of hydrogen-bond acceptors (Lipinski definition) is 6. The van der Waals surface area contributed by atoms with Crippen LogP contribution < -0.4 is 10.1 Å². The van der Waals surface area contributed by atoms with E-state index in [2.05, 4.69) is 20.8 Å². The monoisotopic (exact) mass is 469 g/mol. The molecule has 164 valence electrons. The molecule has 32 heavy (non-hydrogen) atoms. The summed E-state index contributed by atoms with van der Waals surface area (Å²) < 4.78 is 20.9. The van der Waals surface area contributed by atoms with Gasteiger partial charge in [0.25, 0.3) is 0 Å². The number of nitrogens with one attached hydrogen (secondary N) is 1. The van der Waals surface area contributed by atoms with Gasteiger partial charge in [-0.15, -0.1) is 5.10 Å². The van der Waals surface area contributed by atoms with E-state index in [0.717, 1.165) is 40.0 Å². The second-order valence-electron chi connectivity index (χ2n) is 6.87. The van der Waals surface area contributed by atoms with Gasteiger partial charge in [-0.2, -0.15) is 4.68 Å². The van der Waals surface area contributed by atoms with Crippen LogP contribution in [0.15, 0.2) is 78.0 Å². The first kappa shape index (κ1) is 22.3. The zero-order chi connectivity index (χ0) is 22.2. The summed E-state index contributed by atoms with van der Waals surface area (Å²) in [7, 11) is 0. The number of benzene rings is 3. The number of para-hydroxylation sites is 2. The van der Waals surface area contributed by atoms with E-state index in [0.29, 0.717) is 11.6 Å². The first-order chi connectivity index (χ1) is 15.7. The normalized spacial score (nSPS) is 10.9. The first-order valence-electron chi connectivity index (χ1n) is 10.0. The lowest BCUT2D eigenvalue weighted by atomic mass is 10.2. The highest BCUT2D eigenvalue weighted by atomic mass is 35.5. The molecule has 0 amide bonds. The van der Waals surface area contributed by atoms with E-state index in [1.54, 1.807) is 22.5 Å². The van der Waals surface area contributed by atoms with Crippen LogP contribution in [0.1, 0.15) is 11.1 Å². The number of aromatic nitrogens is 4. The van der Waals surface area contributed by atoms with Crippen LogP contribution in [0, 0.1) is 5.82 Å². The molecule has 0 aliphatic carbocycles. The van der Waals surface area contributed by atoms with Crippen LogP contribution in [-0.4, -0.2) is 32.5 Å². The third kappa shape index (κ3) is 5.85. The Morgan fingerprint density at radius 2 is 1.81 bits per heavy atom. The molecule has 6 nitrogen and oxygen atoms in total. The molecule has 9 heteroatoms. The number of thioether (sulfide) groups is 1. The molecule has 1 N–H and O–H groups in total. The highest BCUT2D eigenvalue weighted by Gasteiger charge is 2.09. The van der Waals surface area contributed by atoms with Crippen molar-refractivity contribution < 1.29 is 9.13 Å². The average Bonchev–Trinajstić information content (AvgIpc) is 3.28. The summed E-state index contributed by atoms with van der Waals surface area (Å²) >= 11 is 7.68. The van der Waals surface area contributed by atoms with Gasteiger partial charge < -0.3 is 10.1 Å². The van der Waals surface area contributed by atoms with Crippen LogP contribution >= 0.6 is 23.4 Å². The molecule has 4 rings (SSSR count). The number of nitrogens with zero attached hydrogens (tertiary/aromatic N) is 4.